The molecule has 3 aromatic carbocycles. The highest BCUT2D eigenvalue weighted by Gasteiger charge is 2.20. The molecular weight excluding hydrogens is 374 g/mol. The van der Waals surface area contributed by atoms with Crippen molar-refractivity contribution in [3.05, 3.63) is 89.1 Å². The summed E-state index contributed by atoms with van der Waals surface area (Å²) >= 11 is 1.73. The fraction of sp³-hybridized carbons (Fsp3) is 0.231. The monoisotopic (exact) mass is 399 g/mol. The van der Waals surface area contributed by atoms with Crippen molar-refractivity contribution in [2.75, 3.05) is 13.1 Å². The number of hydrogen-bond acceptors (Lipinski definition) is 3. The fourth-order valence-corrected chi connectivity index (χ4v) is 4.79. The van der Waals surface area contributed by atoms with Gasteiger partial charge < -0.3 is 4.74 Å². The Labute approximate surface area is 176 Å². The van der Waals surface area contributed by atoms with Crippen LogP contribution in [0.2, 0.25) is 0 Å². The number of benzene rings is 3. The average molecular weight is 400 g/mol. The van der Waals surface area contributed by atoms with E-state index in [0.29, 0.717) is 6.10 Å². The third kappa shape index (κ3) is 4.36. The lowest BCUT2D eigenvalue weighted by Gasteiger charge is -2.32. The highest BCUT2D eigenvalue weighted by molar-refractivity contribution is 7.08. The fourth-order valence-electron chi connectivity index (χ4n) is 4.13. The Balaban J connectivity index is 1.15. The number of likely N-dealkylation sites (tertiary alicyclic amines) is 1. The first-order chi connectivity index (χ1) is 14.3. The van der Waals surface area contributed by atoms with Gasteiger partial charge in [-0.2, -0.15) is 11.3 Å². The second kappa shape index (κ2) is 8.40. The number of piperidine rings is 1. The molecule has 0 radical (unpaired) electrons. The van der Waals surface area contributed by atoms with Gasteiger partial charge in [-0.3, -0.25) is 4.90 Å². The van der Waals surface area contributed by atoms with Crippen LogP contribution in [0.25, 0.3) is 21.9 Å². The molecule has 4 aromatic rings. The SMILES string of the molecule is c1ccc2cc(CN3CCC(Oc4ccc(-c5ccsc5)cc4)CC3)ccc2c1. The van der Waals surface area contributed by atoms with Crippen LogP contribution in [0.3, 0.4) is 0 Å². The zero-order valence-electron chi connectivity index (χ0n) is 16.5. The van der Waals surface area contributed by atoms with Gasteiger partial charge in [-0.25, -0.2) is 0 Å². The van der Waals surface area contributed by atoms with Crippen LogP contribution >= 0.6 is 11.3 Å². The summed E-state index contributed by atoms with van der Waals surface area (Å²) in [4.78, 5) is 2.55. The zero-order valence-corrected chi connectivity index (χ0v) is 17.3. The third-order valence-electron chi connectivity index (χ3n) is 5.77. The van der Waals surface area contributed by atoms with Gasteiger partial charge in [0.15, 0.2) is 0 Å². The first-order valence-corrected chi connectivity index (χ1v) is 11.3. The predicted molar refractivity (Wildman–Crippen MR) is 123 cm³/mol. The summed E-state index contributed by atoms with van der Waals surface area (Å²) in [7, 11) is 0. The van der Waals surface area contributed by atoms with E-state index in [1.165, 1.54) is 27.5 Å². The molecule has 5 rings (SSSR count). The van der Waals surface area contributed by atoms with Crippen molar-refractivity contribution in [3.8, 4) is 16.9 Å². The van der Waals surface area contributed by atoms with E-state index in [-0.39, 0.29) is 0 Å². The molecule has 0 atom stereocenters. The number of nitrogens with zero attached hydrogens (tertiary/aromatic N) is 1. The Kier molecular flexibility index (Phi) is 5.33. The summed E-state index contributed by atoms with van der Waals surface area (Å²) in [5.41, 5.74) is 3.93. The predicted octanol–water partition coefficient (Wildman–Crippen LogP) is 6.61. The van der Waals surface area contributed by atoms with Crippen molar-refractivity contribution in [3.63, 3.8) is 0 Å². The molecule has 1 aliphatic rings. The van der Waals surface area contributed by atoms with E-state index < -0.39 is 0 Å². The van der Waals surface area contributed by atoms with Crippen LogP contribution in [0.15, 0.2) is 83.6 Å². The molecule has 0 N–H and O–H groups in total. The van der Waals surface area contributed by atoms with Crippen molar-refractivity contribution >= 4 is 22.1 Å². The van der Waals surface area contributed by atoms with Crippen molar-refractivity contribution < 1.29 is 4.74 Å². The topological polar surface area (TPSA) is 12.5 Å². The van der Waals surface area contributed by atoms with Crippen molar-refractivity contribution in [2.24, 2.45) is 0 Å². The molecule has 1 fully saturated rings. The summed E-state index contributed by atoms with van der Waals surface area (Å²) in [5, 5.41) is 6.94. The van der Waals surface area contributed by atoms with E-state index in [1.54, 1.807) is 11.3 Å². The van der Waals surface area contributed by atoms with Gasteiger partial charge in [0.2, 0.25) is 0 Å². The van der Waals surface area contributed by atoms with Crippen LogP contribution in [0.5, 0.6) is 5.75 Å². The minimum atomic E-state index is 0.315. The first kappa shape index (κ1) is 18.4. The highest BCUT2D eigenvalue weighted by Crippen LogP contribution is 2.26. The van der Waals surface area contributed by atoms with Crippen LogP contribution in [-0.4, -0.2) is 24.1 Å². The molecule has 0 spiro atoms. The third-order valence-corrected chi connectivity index (χ3v) is 6.45. The van der Waals surface area contributed by atoms with E-state index >= 15 is 0 Å². The van der Waals surface area contributed by atoms with Crippen LogP contribution in [0.1, 0.15) is 18.4 Å². The number of thiophene rings is 1. The van der Waals surface area contributed by atoms with Gasteiger partial charge in [0.25, 0.3) is 0 Å². The minimum absolute atomic E-state index is 0.315. The average Bonchev–Trinajstić information content (AvgIpc) is 3.31. The molecule has 0 saturated carbocycles. The highest BCUT2D eigenvalue weighted by atomic mass is 32.1. The minimum Gasteiger partial charge on any atom is -0.490 e. The molecule has 2 nitrogen and oxygen atoms in total. The molecular formula is C26H25NOS. The molecule has 29 heavy (non-hydrogen) atoms. The van der Waals surface area contributed by atoms with Crippen molar-refractivity contribution in [2.45, 2.75) is 25.5 Å². The Bertz CT molecular complexity index is 1060. The largest absolute Gasteiger partial charge is 0.490 e. The second-order valence-electron chi connectivity index (χ2n) is 7.81. The van der Waals surface area contributed by atoms with Gasteiger partial charge in [-0.15, -0.1) is 0 Å². The van der Waals surface area contributed by atoms with E-state index in [2.05, 4.69) is 88.5 Å². The smallest absolute Gasteiger partial charge is 0.119 e. The number of fused-ring (bicyclic) bond motifs is 1. The maximum atomic E-state index is 6.26. The molecule has 0 aliphatic carbocycles. The van der Waals surface area contributed by atoms with Gasteiger partial charge >= 0.3 is 0 Å². The summed E-state index contributed by atoms with van der Waals surface area (Å²) in [5.74, 6) is 0.983. The molecule has 1 aliphatic heterocycles. The van der Waals surface area contributed by atoms with E-state index in [1.807, 2.05) is 0 Å². The van der Waals surface area contributed by atoms with Gasteiger partial charge in [-0.05, 0) is 75.3 Å². The van der Waals surface area contributed by atoms with Crippen molar-refractivity contribution in [1.82, 2.24) is 4.90 Å². The van der Waals surface area contributed by atoms with Gasteiger partial charge in [0.05, 0.1) is 0 Å². The lowest BCUT2D eigenvalue weighted by atomic mass is 10.0. The quantitative estimate of drug-likeness (QED) is 0.374. The Hall–Kier alpha value is -2.62. The van der Waals surface area contributed by atoms with Crippen LogP contribution < -0.4 is 4.74 Å². The number of hydrogen-bond donors (Lipinski definition) is 0. The molecule has 0 bridgehead atoms. The Morgan fingerprint density at radius 1 is 0.828 bits per heavy atom. The summed E-state index contributed by atoms with van der Waals surface area (Å²) in [6.45, 7) is 3.20. The van der Waals surface area contributed by atoms with Gasteiger partial charge in [0, 0.05) is 19.6 Å². The van der Waals surface area contributed by atoms with E-state index in [4.69, 9.17) is 4.74 Å². The van der Waals surface area contributed by atoms with E-state index in [0.717, 1.165) is 38.2 Å². The molecule has 1 saturated heterocycles. The Morgan fingerprint density at radius 3 is 2.38 bits per heavy atom. The molecule has 1 aromatic heterocycles. The lowest BCUT2D eigenvalue weighted by molar-refractivity contribution is 0.0968. The first-order valence-electron chi connectivity index (χ1n) is 10.3. The Morgan fingerprint density at radius 2 is 1.62 bits per heavy atom. The molecule has 0 unspecified atom stereocenters. The van der Waals surface area contributed by atoms with E-state index in [9.17, 15) is 0 Å². The van der Waals surface area contributed by atoms with Crippen LogP contribution in [0.4, 0.5) is 0 Å². The number of ether oxygens (including phenoxy) is 1. The summed E-state index contributed by atoms with van der Waals surface area (Å²) in [6, 6.07) is 26.1. The zero-order chi connectivity index (χ0) is 19.5. The second-order valence-corrected chi connectivity index (χ2v) is 8.59. The van der Waals surface area contributed by atoms with Crippen LogP contribution in [0, 0.1) is 0 Å². The molecule has 0 amide bonds. The van der Waals surface area contributed by atoms with Crippen molar-refractivity contribution in [1.29, 1.82) is 0 Å². The summed E-state index contributed by atoms with van der Waals surface area (Å²) in [6.07, 6.45) is 2.48. The standard InChI is InChI=1S/C26H25NOS/c1-2-4-23-17-20(5-6-21(23)3-1)18-27-14-11-26(12-15-27)28-25-9-7-22(8-10-25)24-13-16-29-19-24/h1-10,13,16-17,19,26H,11-12,14-15,18H2. The molecule has 146 valence electrons. The van der Waals surface area contributed by atoms with Gasteiger partial charge in [-0.1, -0.05) is 48.5 Å². The maximum absolute atomic E-state index is 6.26. The summed E-state index contributed by atoms with van der Waals surface area (Å²) < 4.78 is 6.26. The van der Waals surface area contributed by atoms with Gasteiger partial charge in [0.1, 0.15) is 11.9 Å². The molecule has 3 heteroatoms. The van der Waals surface area contributed by atoms with Crippen LogP contribution in [-0.2, 0) is 6.54 Å². The number of rotatable bonds is 5. The normalized spacial score (nSPS) is 15.6. The molecule has 2 heterocycles. The lowest BCUT2D eigenvalue weighted by Crippen LogP contribution is -2.37. The maximum Gasteiger partial charge on any atom is 0.119 e.